The number of anilines is 5. The Morgan fingerprint density at radius 1 is 1.12 bits per heavy atom. The second-order valence-corrected chi connectivity index (χ2v) is 11.4. The van der Waals surface area contributed by atoms with Crippen LogP contribution in [0.2, 0.25) is 5.02 Å². The molecule has 0 saturated heterocycles. The Morgan fingerprint density at radius 3 is 2.58 bits per heavy atom. The van der Waals surface area contributed by atoms with Crippen molar-refractivity contribution in [3.63, 3.8) is 0 Å². The number of hydrogen-bond donors (Lipinski definition) is 2. The zero-order chi connectivity index (χ0) is 24.0. The Morgan fingerprint density at radius 2 is 1.88 bits per heavy atom. The molecule has 3 rings (SSSR count). The molecular weight excluding hydrogens is 461 g/mol. The van der Waals surface area contributed by atoms with Crippen molar-refractivity contribution in [1.29, 1.82) is 0 Å². The number of aromatic nitrogens is 2. The van der Waals surface area contributed by atoms with Crippen molar-refractivity contribution < 1.29 is 14.0 Å². The van der Waals surface area contributed by atoms with Crippen molar-refractivity contribution in [2.24, 2.45) is 0 Å². The molecule has 0 unspecified atom stereocenters. The molecule has 0 radical (unpaired) electrons. The van der Waals surface area contributed by atoms with Gasteiger partial charge in [0.2, 0.25) is 5.95 Å². The summed E-state index contributed by atoms with van der Waals surface area (Å²) in [5.74, 6) is 1.48. The Balaban J connectivity index is 1.84. The number of nitrogens with zero attached hydrogens (tertiary/aromatic N) is 3. The molecule has 0 saturated carbocycles. The molecule has 2 N–H and O–H groups in total. The van der Waals surface area contributed by atoms with Crippen molar-refractivity contribution in [2.45, 2.75) is 0 Å². The van der Waals surface area contributed by atoms with Gasteiger partial charge in [0.05, 0.1) is 31.3 Å². The lowest BCUT2D eigenvalue weighted by Crippen LogP contribution is -2.22. The van der Waals surface area contributed by atoms with E-state index in [0.29, 0.717) is 34.8 Å². The number of nitrogens with one attached hydrogen (secondary N) is 2. The fourth-order valence-electron chi connectivity index (χ4n) is 3.24. The van der Waals surface area contributed by atoms with Crippen LogP contribution in [-0.2, 0) is 9.30 Å². The van der Waals surface area contributed by atoms with Crippen LogP contribution in [0.1, 0.15) is 0 Å². The second-order valence-electron chi connectivity index (χ2n) is 7.81. The molecule has 8 nitrogen and oxygen atoms in total. The maximum atomic E-state index is 12.7. The molecule has 0 atom stereocenters. The van der Waals surface area contributed by atoms with Crippen LogP contribution in [0, 0.1) is 0 Å². The molecule has 0 spiro atoms. The van der Waals surface area contributed by atoms with Crippen molar-refractivity contribution in [3.05, 3.63) is 53.7 Å². The van der Waals surface area contributed by atoms with Crippen LogP contribution < -0.4 is 25.6 Å². The molecule has 176 valence electrons. The Labute approximate surface area is 199 Å². The average molecular weight is 490 g/mol. The van der Waals surface area contributed by atoms with E-state index in [1.165, 1.54) is 6.20 Å². The maximum Gasteiger partial charge on any atom is 0.229 e. The molecule has 2 aromatic carbocycles. The van der Waals surface area contributed by atoms with E-state index in [4.69, 9.17) is 21.1 Å². The molecule has 0 aliphatic heterocycles. The summed E-state index contributed by atoms with van der Waals surface area (Å²) in [6.07, 6.45) is 1.52. The van der Waals surface area contributed by atoms with Gasteiger partial charge in [-0.3, -0.25) is 0 Å². The summed E-state index contributed by atoms with van der Waals surface area (Å²) in [7, 11) is 2.79. The Kier molecular flexibility index (Phi) is 8.19. The van der Waals surface area contributed by atoms with E-state index in [2.05, 4.69) is 25.5 Å². The molecule has 0 fully saturated rings. The predicted octanol–water partition coefficient (Wildman–Crippen LogP) is 4.96. The summed E-state index contributed by atoms with van der Waals surface area (Å²) in [5, 5.41) is 7.47. The predicted molar refractivity (Wildman–Crippen MR) is 137 cm³/mol. The van der Waals surface area contributed by atoms with Gasteiger partial charge in [-0.25, -0.2) is 4.98 Å². The lowest BCUT2D eigenvalue weighted by molar-refractivity contribution is 0.206. The van der Waals surface area contributed by atoms with Gasteiger partial charge in [-0.05, 0) is 37.6 Å². The number of likely N-dealkylation sites (N-methyl/N-ethyl adjacent to an activating group) is 1. The SMILES string of the molecule is COCCN(C)c1ccc(Nc2ncc(Cl)c(Nc3ccccc3P(C)(C)=O)n2)cc1OC. The first-order valence-corrected chi connectivity index (χ1v) is 13.3. The molecule has 0 aliphatic rings. The van der Waals surface area contributed by atoms with E-state index in [1.54, 1.807) is 27.5 Å². The van der Waals surface area contributed by atoms with E-state index < -0.39 is 7.14 Å². The van der Waals surface area contributed by atoms with Gasteiger partial charge in [-0.1, -0.05) is 23.7 Å². The van der Waals surface area contributed by atoms with Crippen molar-refractivity contribution in [2.75, 3.05) is 63.3 Å². The summed E-state index contributed by atoms with van der Waals surface area (Å²) < 4.78 is 23.4. The number of hydrogen-bond acceptors (Lipinski definition) is 8. The highest BCUT2D eigenvalue weighted by atomic mass is 35.5. The first-order valence-electron chi connectivity index (χ1n) is 10.3. The Hall–Kier alpha value is -2.80. The zero-order valence-corrected chi connectivity index (χ0v) is 21.1. The summed E-state index contributed by atoms with van der Waals surface area (Å²) in [6.45, 7) is 4.80. The number of benzene rings is 2. The van der Waals surface area contributed by atoms with E-state index in [0.717, 1.165) is 23.2 Å². The number of ether oxygens (including phenoxy) is 2. The minimum absolute atomic E-state index is 0.352. The zero-order valence-electron chi connectivity index (χ0n) is 19.4. The number of rotatable bonds is 10. The van der Waals surface area contributed by atoms with Gasteiger partial charge in [0.1, 0.15) is 17.9 Å². The second kappa shape index (κ2) is 10.9. The van der Waals surface area contributed by atoms with E-state index in [9.17, 15) is 4.57 Å². The summed E-state index contributed by atoms with van der Waals surface area (Å²) in [6, 6.07) is 13.2. The molecule has 10 heteroatoms. The molecular formula is C23H29ClN5O3P. The highest BCUT2D eigenvalue weighted by Gasteiger charge is 2.17. The van der Waals surface area contributed by atoms with Crippen LogP contribution in [0.4, 0.5) is 28.8 Å². The van der Waals surface area contributed by atoms with Gasteiger partial charge in [-0.2, -0.15) is 4.98 Å². The fraction of sp³-hybridized carbons (Fsp3) is 0.304. The van der Waals surface area contributed by atoms with E-state index in [1.807, 2.05) is 49.5 Å². The third-order valence-corrected chi connectivity index (χ3v) is 6.79. The van der Waals surface area contributed by atoms with E-state index in [-0.39, 0.29) is 0 Å². The standard InChI is InChI=1S/C23H29ClN5O3P/c1-29(12-13-31-2)19-11-10-16(14-20(19)32-3)26-23-25-15-17(24)22(28-23)27-18-8-6-7-9-21(18)33(4,5)30/h6-11,14-15H,12-13H2,1-5H3,(H2,25,26,27,28). The van der Waals surface area contributed by atoms with Crippen molar-refractivity contribution in [3.8, 4) is 5.75 Å². The summed E-state index contributed by atoms with van der Waals surface area (Å²) >= 11 is 6.34. The van der Waals surface area contributed by atoms with E-state index >= 15 is 0 Å². The molecule has 0 aliphatic carbocycles. The first-order chi connectivity index (χ1) is 15.7. The largest absolute Gasteiger partial charge is 0.495 e. The van der Waals surface area contributed by atoms with Crippen LogP contribution >= 0.6 is 18.7 Å². The van der Waals surface area contributed by atoms with Crippen molar-refractivity contribution in [1.82, 2.24) is 9.97 Å². The van der Waals surface area contributed by atoms with Gasteiger partial charge >= 0.3 is 0 Å². The van der Waals surface area contributed by atoms with Gasteiger partial charge in [-0.15, -0.1) is 0 Å². The summed E-state index contributed by atoms with van der Waals surface area (Å²) in [4.78, 5) is 10.9. The van der Waals surface area contributed by atoms with Crippen LogP contribution in [-0.4, -0.2) is 57.7 Å². The van der Waals surface area contributed by atoms with Crippen LogP contribution in [0.5, 0.6) is 5.75 Å². The summed E-state index contributed by atoms with van der Waals surface area (Å²) in [5.41, 5.74) is 2.40. The van der Waals surface area contributed by atoms with Crippen molar-refractivity contribution >= 4 is 52.9 Å². The number of para-hydroxylation sites is 1. The fourth-order valence-corrected chi connectivity index (χ4v) is 4.53. The first kappa shape index (κ1) is 24.8. The monoisotopic (exact) mass is 489 g/mol. The lowest BCUT2D eigenvalue weighted by atomic mass is 10.2. The molecule has 0 amide bonds. The molecule has 1 aromatic heterocycles. The lowest BCUT2D eigenvalue weighted by Gasteiger charge is -2.22. The third kappa shape index (κ3) is 6.38. The highest BCUT2D eigenvalue weighted by Crippen LogP contribution is 2.38. The minimum atomic E-state index is -2.49. The quantitative estimate of drug-likeness (QED) is 0.386. The highest BCUT2D eigenvalue weighted by molar-refractivity contribution is 7.70. The van der Waals surface area contributed by atoms with Gasteiger partial charge < -0.3 is 29.6 Å². The van der Waals surface area contributed by atoms with Crippen LogP contribution in [0.25, 0.3) is 0 Å². The van der Waals surface area contributed by atoms with Gasteiger partial charge in [0, 0.05) is 37.8 Å². The van der Waals surface area contributed by atoms with Crippen LogP contribution in [0.15, 0.2) is 48.7 Å². The normalized spacial score (nSPS) is 11.2. The smallest absolute Gasteiger partial charge is 0.229 e. The molecule has 33 heavy (non-hydrogen) atoms. The number of halogens is 1. The molecule has 1 heterocycles. The topological polar surface area (TPSA) is 88.6 Å². The third-order valence-electron chi connectivity index (χ3n) is 4.96. The molecule has 0 bridgehead atoms. The van der Waals surface area contributed by atoms with Gasteiger partial charge in [0.15, 0.2) is 5.82 Å². The Bertz CT molecular complexity index is 1150. The number of methoxy groups -OCH3 is 2. The van der Waals surface area contributed by atoms with Gasteiger partial charge in [0.25, 0.3) is 0 Å². The average Bonchev–Trinajstić information content (AvgIpc) is 2.79. The van der Waals surface area contributed by atoms with Crippen LogP contribution in [0.3, 0.4) is 0 Å². The maximum absolute atomic E-state index is 12.7. The minimum Gasteiger partial charge on any atom is -0.495 e. The molecule has 3 aromatic rings.